The van der Waals surface area contributed by atoms with Gasteiger partial charge < -0.3 is 10.4 Å². The monoisotopic (exact) mass is 181 g/mol. The van der Waals surface area contributed by atoms with Crippen molar-refractivity contribution in [2.75, 3.05) is 6.61 Å². The number of carbonyl (C=O) groups is 1. The van der Waals surface area contributed by atoms with Crippen LogP contribution in [-0.4, -0.2) is 29.6 Å². The third-order valence-electron chi connectivity index (χ3n) is 1.40. The Morgan fingerprint density at radius 3 is 2.42 bits per heavy atom. The fourth-order valence-electron chi connectivity index (χ4n) is 0.730. The standard InChI is InChI=1S/C7H13F2NO2/c1-7(2,3-4-11)10-6(12)5(8)9/h5,11H,3-4H2,1-2H3,(H,10,12). The van der Waals surface area contributed by atoms with Gasteiger partial charge in [-0.2, -0.15) is 8.78 Å². The van der Waals surface area contributed by atoms with Crippen LogP contribution in [0.5, 0.6) is 0 Å². The number of amides is 1. The van der Waals surface area contributed by atoms with E-state index >= 15 is 0 Å². The Balaban J connectivity index is 3.96. The maximum Gasteiger partial charge on any atom is 0.315 e. The summed E-state index contributed by atoms with van der Waals surface area (Å²) in [4.78, 5) is 10.5. The molecule has 0 heterocycles. The molecule has 0 aromatic carbocycles. The van der Waals surface area contributed by atoms with Gasteiger partial charge in [0.2, 0.25) is 0 Å². The lowest BCUT2D eigenvalue weighted by atomic mass is 10.0. The van der Waals surface area contributed by atoms with Crippen molar-refractivity contribution in [3.8, 4) is 0 Å². The molecule has 0 aliphatic heterocycles. The van der Waals surface area contributed by atoms with Gasteiger partial charge in [0.1, 0.15) is 0 Å². The molecule has 12 heavy (non-hydrogen) atoms. The summed E-state index contributed by atoms with van der Waals surface area (Å²) in [6, 6.07) is 0. The Morgan fingerprint density at radius 2 is 2.08 bits per heavy atom. The minimum Gasteiger partial charge on any atom is -0.396 e. The molecule has 1 amide bonds. The van der Waals surface area contributed by atoms with Crippen LogP contribution in [0.1, 0.15) is 20.3 Å². The molecule has 5 heteroatoms. The van der Waals surface area contributed by atoms with Crippen LogP contribution in [0.4, 0.5) is 8.78 Å². The Morgan fingerprint density at radius 1 is 1.58 bits per heavy atom. The van der Waals surface area contributed by atoms with Crippen LogP contribution in [0.25, 0.3) is 0 Å². The number of rotatable bonds is 4. The normalized spacial score (nSPS) is 11.8. The molecule has 0 saturated heterocycles. The summed E-state index contributed by atoms with van der Waals surface area (Å²) in [7, 11) is 0. The topological polar surface area (TPSA) is 49.3 Å². The van der Waals surface area contributed by atoms with E-state index in [-0.39, 0.29) is 13.0 Å². The number of aliphatic hydroxyl groups is 1. The Bertz CT molecular complexity index is 159. The molecule has 2 N–H and O–H groups in total. The maximum absolute atomic E-state index is 11.7. The molecule has 0 unspecified atom stereocenters. The molecule has 0 rings (SSSR count). The predicted molar refractivity (Wildman–Crippen MR) is 39.9 cm³/mol. The summed E-state index contributed by atoms with van der Waals surface area (Å²) in [5.74, 6) is -1.30. The molecule has 0 bridgehead atoms. The van der Waals surface area contributed by atoms with E-state index in [4.69, 9.17) is 5.11 Å². The summed E-state index contributed by atoms with van der Waals surface area (Å²) in [6.07, 6.45) is -2.74. The molecular formula is C7H13F2NO2. The second-order valence-electron chi connectivity index (χ2n) is 3.15. The van der Waals surface area contributed by atoms with E-state index in [1.165, 1.54) is 0 Å². The van der Waals surface area contributed by atoms with Crippen molar-refractivity contribution in [2.45, 2.75) is 32.2 Å². The number of carbonyl (C=O) groups excluding carboxylic acids is 1. The summed E-state index contributed by atoms with van der Waals surface area (Å²) in [5.41, 5.74) is -0.776. The van der Waals surface area contributed by atoms with Crippen molar-refractivity contribution in [3.63, 3.8) is 0 Å². The second kappa shape index (κ2) is 4.35. The lowest BCUT2D eigenvalue weighted by molar-refractivity contribution is -0.133. The Kier molecular flexibility index (Phi) is 4.09. The van der Waals surface area contributed by atoms with Gasteiger partial charge in [-0.25, -0.2) is 0 Å². The smallest absolute Gasteiger partial charge is 0.315 e. The zero-order chi connectivity index (χ0) is 9.78. The second-order valence-corrected chi connectivity index (χ2v) is 3.15. The van der Waals surface area contributed by atoms with Gasteiger partial charge in [0.05, 0.1) is 0 Å². The minimum atomic E-state index is -3.00. The average molecular weight is 181 g/mol. The van der Waals surface area contributed by atoms with E-state index in [0.29, 0.717) is 0 Å². The van der Waals surface area contributed by atoms with E-state index in [1.54, 1.807) is 13.8 Å². The average Bonchev–Trinajstić information content (AvgIpc) is 1.85. The first-order valence-electron chi connectivity index (χ1n) is 3.60. The van der Waals surface area contributed by atoms with Crippen LogP contribution < -0.4 is 5.32 Å². The highest BCUT2D eigenvalue weighted by molar-refractivity contribution is 5.79. The van der Waals surface area contributed by atoms with Gasteiger partial charge in [0.15, 0.2) is 0 Å². The summed E-state index contributed by atoms with van der Waals surface area (Å²) < 4.78 is 23.4. The lowest BCUT2D eigenvalue weighted by Crippen LogP contribution is -2.46. The van der Waals surface area contributed by atoms with Crippen LogP contribution >= 0.6 is 0 Å². The number of halogens is 2. The first kappa shape index (κ1) is 11.3. The molecule has 0 saturated carbocycles. The third kappa shape index (κ3) is 4.23. The van der Waals surface area contributed by atoms with Gasteiger partial charge in [0, 0.05) is 12.1 Å². The third-order valence-corrected chi connectivity index (χ3v) is 1.40. The molecule has 0 radical (unpaired) electrons. The quantitative estimate of drug-likeness (QED) is 0.664. The molecule has 72 valence electrons. The summed E-state index contributed by atoms with van der Waals surface area (Å²) in [5, 5.41) is 10.6. The number of nitrogens with one attached hydrogen (secondary N) is 1. The number of hydrogen-bond donors (Lipinski definition) is 2. The van der Waals surface area contributed by atoms with Crippen LogP contribution in [0.15, 0.2) is 0 Å². The Labute approximate surface area is 69.8 Å². The molecule has 0 aliphatic carbocycles. The molecule has 0 fully saturated rings. The highest BCUT2D eigenvalue weighted by atomic mass is 19.3. The van der Waals surface area contributed by atoms with Crippen molar-refractivity contribution < 1.29 is 18.7 Å². The van der Waals surface area contributed by atoms with Gasteiger partial charge in [0.25, 0.3) is 5.91 Å². The zero-order valence-corrected chi connectivity index (χ0v) is 7.10. The molecule has 0 aliphatic rings. The van der Waals surface area contributed by atoms with Gasteiger partial charge >= 0.3 is 6.43 Å². The van der Waals surface area contributed by atoms with Crippen molar-refractivity contribution in [3.05, 3.63) is 0 Å². The van der Waals surface area contributed by atoms with Crippen LogP contribution in [0, 0.1) is 0 Å². The first-order chi connectivity index (χ1) is 5.39. The molecule has 0 aromatic rings. The summed E-state index contributed by atoms with van der Waals surface area (Å²) >= 11 is 0. The van der Waals surface area contributed by atoms with E-state index in [2.05, 4.69) is 5.32 Å². The van der Waals surface area contributed by atoms with Gasteiger partial charge in [-0.15, -0.1) is 0 Å². The maximum atomic E-state index is 11.7. The van der Waals surface area contributed by atoms with Crippen molar-refractivity contribution >= 4 is 5.91 Å². The highest BCUT2D eigenvalue weighted by Gasteiger charge is 2.24. The van der Waals surface area contributed by atoms with E-state index in [0.717, 1.165) is 0 Å². The summed E-state index contributed by atoms with van der Waals surface area (Å²) in [6.45, 7) is 3.00. The number of aliphatic hydroxyl groups excluding tert-OH is 1. The zero-order valence-electron chi connectivity index (χ0n) is 7.10. The fraction of sp³-hybridized carbons (Fsp3) is 0.857. The molecule has 3 nitrogen and oxygen atoms in total. The fourth-order valence-corrected chi connectivity index (χ4v) is 0.730. The van der Waals surface area contributed by atoms with E-state index in [1.807, 2.05) is 0 Å². The molecular weight excluding hydrogens is 168 g/mol. The van der Waals surface area contributed by atoms with Crippen molar-refractivity contribution in [2.24, 2.45) is 0 Å². The SMILES string of the molecule is CC(C)(CCO)NC(=O)C(F)F. The van der Waals surface area contributed by atoms with Crippen LogP contribution in [0.3, 0.4) is 0 Å². The number of alkyl halides is 2. The predicted octanol–water partition coefficient (Wildman–Crippen LogP) is 0.529. The van der Waals surface area contributed by atoms with Crippen molar-refractivity contribution in [1.29, 1.82) is 0 Å². The lowest BCUT2D eigenvalue weighted by Gasteiger charge is -2.24. The minimum absolute atomic E-state index is 0.142. The van der Waals surface area contributed by atoms with Gasteiger partial charge in [-0.3, -0.25) is 4.79 Å². The van der Waals surface area contributed by atoms with E-state index < -0.39 is 17.9 Å². The molecule has 0 atom stereocenters. The molecule has 0 spiro atoms. The van der Waals surface area contributed by atoms with Gasteiger partial charge in [-0.05, 0) is 20.3 Å². The highest BCUT2D eigenvalue weighted by Crippen LogP contribution is 2.08. The van der Waals surface area contributed by atoms with Gasteiger partial charge in [-0.1, -0.05) is 0 Å². The van der Waals surface area contributed by atoms with Crippen LogP contribution in [0.2, 0.25) is 0 Å². The largest absolute Gasteiger partial charge is 0.396 e. The number of hydrogen-bond acceptors (Lipinski definition) is 2. The first-order valence-corrected chi connectivity index (χ1v) is 3.60. The molecule has 0 aromatic heterocycles. The Hall–Kier alpha value is -0.710. The van der Waals surface area contributed by atoms with Crippen LogP contribution in [-0.2, 0) is 4.79 Å². The van der Waals surface area contributed by atoms with Crippen molar-refractivity contribution in [1.82, 2.24) is 5.32 Å². The van der Waals surface area contributed by atoms with E-state index in [9.17, 15) is 13.6 Å².